The van der Waals surface area contributed by atoms with Crippen molar-refractivity contribution >= 4 is 11.6 Å². The number of aryl methyl sites for hydroxylation is 1. The zero-order valence-electron chi connectivity index (χ0n) is 17.6. The second kappa shape index (κ2) is 7.26. The maximum absolute atomic E-state index is 13.5. The minimum absolute atomic E-state index is 0.137. The molecule has 3 fully saturated rings. The summed E-state index contributed by atoms with van der Waals surface area (Å²) in [5, 5.41) is 9.34. The molecule has 4 aliphatic rings. The number of nitrogens with zero attached hydrogens (tertiary/aromatic N) is 4. The molecule has 0 atom stereocenters. The highest BCUT2D eigenvalue weighted by atomic mass is 16.2. The van der Waals surface area contributed by atoms with Gasteiger partial charge in [-0.3, -0.25) is 4.79 Å². The van der Waals surface area contributed by atoms with E-state index in [4.69, 9.17) is 5.10 Å². The molecule has 1 amide bonds. The van der Waals surface area contributed by atoms with E-state index in [9.17, 15) is 4.79 Å². The fourth-order valence-corrected chi connectivity index (χ4v) is 6.02. The molecular weight excluding hydrogens is 360 g/mol. The Hall–Kier alpha value is -2.17. The summed E-state index contributed by atoms with van der Waals surface area (Å²) < 4.78 is 2.45. The average molecular weight is 393 g/mol. The summed E-state index contributed by atoms with van der Waals surface area (Å²) in [5.74, 6) is 2.72. The highest BCUT2D eigenvalue weighted by Crippen LogP contribution is 2.58. The molecule has 0 unspecified atom stereocenters. The molecule has 3 saturated carbocycles. The van der Waals surface area contributed by atoms with Gasteiger partial charge in [0.05, 0.1) is 0 Å². The normalized spacial score (nSPS) is 29.0. The maximum atomic E-state index is 13.5. The van der Waals surface area contributed by atoms with E-state index in [1.54, 1.807) is 0 Å². The number of anilines is 1. The lowest BCUT2D eigenvalue weighted by Gasteiger charge is -2.52. The first kappa shape index (κ1) is 18.8. The van der Waals surface area contributed by atoms with Crippen LogP contribution in [0.25, 0.3) is 0 Å². The predicted octanol–water partition coefficient (Wildman–Crippen LogP) is 4.65. The SMILES string of the molecule is CN(C(=O)C12CCC(c3nnc4n3CCCCCC4)(CC1)CC2)c1ccccc1. The van der Waals surface area contributed by atoms with Crippen LogP contribution in [0.5, 0.6) is 0 Å². The van der Waals surface area contributed by atoms with E-state index in [1.165, 1.54) is 37.3 Å². The Bertz CT molecular complexity index is 863. The van der Waals surface area contributed by atoms with Crippen LogP contribution >= 0.6 is 0 Å². The monoisotopic (exact) mass is 392 g/mol. The van der Waals surface area contributed by atoms with Gasteiger partial charge in [0.1, 0.15) is 11.6 Å². The quantitative estimate of drug-likeness (QED) is 0.764. The number of benzene rings is 1. The minimum atomic E-state index is -0.189. The summed E-state index contributed by atoms with van der Waals surface area (Å²) in [7, 11) is 1.93. The van der Waals surface area contributed by atoms with Gasteiger partial charge in [-0.25, -0.2) is 0 Å². The third kappa shape index (κ3) is 3.10. The number of amides is 1. The number of rotatable bonds is 3. The Kier molecular flexibility index (Phi) is 4.72. The van der Waals surface area contributed by atoms with Crippen LogP contribution in [0.2, 0.25) is 0 Å². The van der Waals surface area contributed by atoms with E-state index in [2.05, 4.69) is 9.67 Å². The van der Waals surface area contributed by atoms with Gasteiger partial charge in [-0.2, -0.15) is 0 Å². The van der Waals surface area contributed by atoms with Crippen molar-refractivity contribution < 1.29 is 4.79 Å². The van der Waals surface area contributed by atoms with Crippen LogP contribution < -0.4 is 4.90 Å². The number of hydrogen-bond donors (Lipinski definition) is 0. The second-order valence-corrected chi connectivity index (χ2v) is 9.52. The maximum Gasteiger partial charge on any atom is 0.232 e. The molecule has 5 heteroatoms. The topological polar surface area (TPSA) is 51.0 Å². The van der Waals surface area contributed by atoms with Crippen LogP contribution in [0.1, 0.15) is 75.9 Å². The first-order valence-corrected chi connectivity index (χ1v) is 11.4. The highest BCUT2D eigenvalue weighted by molar-refractivity contribution is 5.97. The molecule has 2 aromatic rings. The van der Waals surface area contributed by atoms with Crippen molar-refractivity contribution in [1.29, 1.82) is 0 Å². The average Bonchev–Trinajstić information content (AvgIpc) is 3.16. The molecule has 2 heterocycles. The predicted molar refractivity (Wildman–Crippen MR) is 114 cm³/mol. The molecular formula is C24H32N4O. The third-order valence-electron chi connectivity index (χ3n) is 7.98. The van der Waals surface area contributed by atoms with E-state index in [0.717, 1.165) is 57.2 Å². The molecule has 29 heavy (non-hydrogen) atoms. The van der Waals surface area contributed by atoms with Crippen molar-refractivity contribution in [2.45, 2.75) is 82.6 Å². The second-order valence-electron chi connectivity index (χ2n) is 9.52. The van der Waals surface area contributed by atoms with Gasteiger partial charge in [0, 0.05) is 36.5 Å². The van der Waals surface area contributed by atoms with Crippen LogP contribution in [0.3, 0.4) is 0 Å². The van der Waals surface area contributed by atoms with Crippen molar-refractivity contribution in [2.24, 2.45) is 5.41 Å². The van der Waals surface area contributed by atoms with E-state index >= 15 is 0 Å². The lowest BCUT2D eigenvalue weighted by molar-refractivity contribution is -0.134. The zero-order valence-corrected chi connectivity index (χ0v) is 17.6. The Morgan fingerprint density at radius 1 is 0.931 bits per heavy atom. The number of hydrogen-bond acceptors (Lipinski definition) is 3. The Morgan fingerprint density at radius 2 is 1.62 bits per heavy atom. The van der Waals surface area contributed by atoms with E-state index < -0.39 is 0 Å². The molecule has 5 nitrogen and oxygen atoms in total. The van der Waals surface area contributed by atoms with Gasteiger partial charge in [-0.1, -0.05) is 31.0 Å². The molecule has 154 valence electrons. The molecule has 1 aliphatic heterocycles. The fraction of sp³-hybridized carbons (Fsp3) is 0.625. The summed E-state index contributed by atoms with van der Waals surface area (Å²) in [6.45, 7) is 1.07. The summed E-state index contributed by atoms with van der Waals surface area (Å²) in [4.78, 5) is 15.4. The highest BCUT2D eigenvalue weighted by Gasteiger charge is 2.55. The summed E-state index contributed by atoms with van der Waals surface area (Å²) in [6.07, 6.45) is 12.3. The molecule has 3 aliphatic carbocycles. The van der Waals surface area contributed by atoms with Gasteiger partial charge in [-0.05, 0) is 63.5 Å². The number of para-hydroxylation sites is 1. The minimum Gasteiger partial charge on any atom is -0.315 e. The van der Waals surface area contributed by atoms with Crippen LogP contribution in [0.15, 0.2) is 30.3 Å². The van der Waals surface area contributed by atoms with E-state index in [-0.39, 0.29) is 10.8 Å². The van der Waals surface area contributed by atoms with Crippen molar-refractivity contribution in [3.63, 3.8) is 0 Å². The first-order chi connectivity index (χ1) is 14.1. The third-order valence-corrected chi connectivity index (χ3v) is 7.98. The van der Waals surface area contributed by atoms with Gasteiger partial charge >= 0.3 is 0 Å². The van der Waals surface area contributed by atoms with Crippen molar-refractivity contribution in [1.82, 2.24) is 14.8 Å². The summed E-state index contributed by atoms with van der Waals surface area (Å²) in [6, 6.07) is 10.1. The molecule has 0 saturated heterocycles. The molecule has 0 spiro atoms. The molecule has 1 aromatic heterocycles. The van der Waals surface area contributed by atoms with Crippen LogP contribution in [-0.2, 0) is 23.2 Å². The summed E-state index contributed by atoms with van der Waals surface area (Å²) >= 11 is 0. The van der Waals surface area contributed by atoms with Crippen molar-refractivity contribution in [2.75, 3.05) is 11.9 Å². The fourth-order valence-electron chi connectivity index (χ4n) is 6.02. The van der Waals surface area contributed by atoms with Crippen LogP contribution in [0.4, 0.5) is 5.69 Å². The Morgan fingerprint density at radius 3 is 2.34 bits per heavy atom. The first-order valence-electron chi connectivity index (χ1n) is 11.4. The summed E-state index contributed by atoms with van der Waals surface area (Å²) in [5.41, 5.74) is 0.941. The van der Waals surface area contributed by atoms with Gasteiger partial charge in [0.2, 0.25) is 5.91 Å². The van der Waals surface area contributed by atoms with E-state index in [1.807, 2.05) is 42.3 Å². The van der Waals surface area contributed by atoms with Crippen LogP contribution in [-0.4, -0.2) is 27.7 Å². The molecule has 1 aromatic carbocycles. The van der Waals surface area contributed by atoms with Gasteiger partial charge in [0.15, 0.2) is 0 Å². The zero-order chi connectivity index (χ0) is 19.9. The lowest BCUT2D eigenvalue weighted by Crippen LogP contribution is -2.52. The smallest absolute Gasteiger partial charge is 0.232 e. The molecule has 0 radical (unpaired) electrons. The standard InChI is InChI=1S/C24H32N4O/c1-27(19-9-5-4-6-10-19)22(29)24-15-12-23(13-16-24,14-17-24)21-26-25-20-11-7-2-3-8-18-28(20)21/h4-6,9-10H,2-3,7-8,11-18H2,1H3. The number of aromatic nitrogens is 3. The number of carbonyl (C=O) groups is 1. The Balaban J connectivity index is 1.37. The van der Waals surface area contributed by atoms with Crippen molar-refractivity contribution in [3.05, 3.63) is 42.0 Å². The lowest BCUT2D eigenvalue weighted by atomic mass is 9.53. The van der Waals surface area contributed by atoms with E-state index in [0.29, 0.717) is 5.91 Å². The van der Waals surface area contributed by atoms with Gasteiger partial charge in [0.25, 0.3) is 0 Å². The van der Waals surface area contributed by atoms with Gasteiger partial charge < -0.3 is 9.47 Å². The molecule has 0 N–H and O–H groups in total. The Labute approximate surface area is 173 Å². The van der Waals surface area contributed by atoms with Gasteiger partial charge in [-0.15, -0.1) is 10.2 Å². The number of carbonyl (C=O) groups excluding carboxylic acids is 1. The molecule has 2 bridgehead atoms. The van der Waals surface area contributed by atoms with Crippen LogP contribution in [0, 0.1) is 5.41 Å². The van der Waals surface area contributed by atoms with Crippen molar-refractivity contribution in [3.8, 4) is 0 Å². The number of fused-ring (bicyclic) bond motifs is 4. The largest absolute Gasteiger partial charge is 0.315 e. The molecule has 6 rings (SSSR count).